The number of nitrogens with zero attached hydrogens (tertiary/aromatic N) is 1. The smallest absolute Gasteiger partial charge is 0.335 e. The van der Waals surface area contributed by atoms with Crippen molar-refractivity contribution in [2.75, 3.05) is 0 Å². The van der Waals surface area contributed by atoms with Gasteiger partial charge in [0.25, 0.3) is 0 Å². The Hall–Kier alpha value is -2.02. The molecule has 0 aliphatic carbocycles. The van der Waals surface area contributed by atoms with Gasteiger partial charge in [-0.25, -0.2) is 4.79 Å². The first kappa shape index (κ1) is 9.07. The van der Waals surface area contributed by atoms with Gasteiger partial charge >= 0.3 is 5.97 Å². The Morgan fingerprint density at radius 1 is 1.54 bits per heavy atom. The molecule has 0 saturated carbocycles. The fraction of sp³-hybridized carbons (Fsp3) is 0.111. The number of benzene rings is 1. The molecule has 0 atom stereocenters. The first-order valence-corrected chi connectivity index (χ1v) is 3.53. The van der Waals surface area contributed by atoms with Gasteiger partial charge in [0.15, 0.2) is 0 Å². The zero-order valence-electron chi connectivity index (χ0n) is 6.90. The van der Waals surface area contributed by atoms with Gasteiger partial charge < -0.3 is 10.2 Å². The summed E-state index contributed by atoms with van der Waals surface area (Å²) in [6.07, 6.45) is 0. The number of carboxylic acids is 1. The van der Waals surface area contributed by atoms with E-state index in [1.807, 2.05) is 0 Å². The Morgan fingerprint density at radius 2 is 2.15 bits per heavy atom. The summed E-state index contributed by atoms with van der Waals surface area (Å²) in [7, 11) is 0. The van der Waals surface area contributed by atoms with Crippen molar-refractivity contribution in [2.45, 2.75) is 6.92 Å². The van der Waals surface area contributed by atoms with Crippen molar-refractivity contribution < 1.29 is 15.0 Å². The molecule has 4 nitrogen and oxygen atoms in total. The summed E-state index contributed by atoms with van der Waals surface area (Å²) in [6.45, 7) is 1.57. The highest BCUT2D eigenvalue weighted by Gasteiger charge is 2.10. The molecule has 0 bridgehead atoms. The van der Waals surface area contributed by atoms with Gasteiger partial charge in [-0.15, -0.1) is 0 Å². The molecule has 1 aromatic carbocycles. The van der Waals surface area contributed by atoms with Gasteiger partial charge in [-0.1, -0.05) is 0 Å². The van der Waals surface area contributed by atoms with Crippen LogP contribution in [0.2, 0.25) is 0 Å². The first-order valence-electron chi connectivity index (χ1n) is 3.53. The quantitative estimate of drug-likeness (QED) is 0.676. The van der Waals surface area contributed by atoms with Gasteiger partial charge in [0.05, 0.1) is 11.1 Å². The summed E-state index contributed by atoms with van der Waals surface area (Å²) in [5.74, 6) is -1.41. The number of aryl methyl sites for hydroxylation is 1. The van der Waals surface area contributed by atoms with Crippen LogP contribution in [0.15, 0.2) is 12.1 Å². The minimum Gasteiger partial charge on any atom is -0.507 e. The molecule has 0 radical (unpaired) electrons. The van der Waals surface area contributed by atoms with Crippen molar-refractivity contribution in [3.63, 3.8) is 0 Å². The number of aromatic carboxylic acids is 1. The molecular formula is C9H7NO3. The Labute approximate surface area is 74.7 Å². The summed E-state index contributed by atoms with van der Waals surface area (Å²) in [5.41, 5.74) is 0.555. The van der Waals surface area contributed by atoms with E-state index >= 15 is 0 Å². The van der Waals surface area contributed by atoms with E-state index in [9.17, 15) is 9.90 Å². The number of hydrogen-bond donors (Lipinski definition) is 2. The highest BCUT2D eigenvalue weighted by Crippen LogP contribution is 2.21. The van der Waals surface area contributed by atoms with Gasteiger partial charge in [-0.05, 0) is 24.6 Å². The lowest BCUT2D eigenvalue weighted by atomic mass is 10.0. The first-order chi connectivity index (χ1) is 6.06. The fourth-order valence-corrected chi connectivity index (χ4v) is 1.04. The lowest BCUT2D eigenvalue weighted by Gasteiger charge is -2.02. The van der Waals surface area contributed by atoms with Crippen LogP contribution in [-0.4, -0.2) is 16.2 Å². The molecule has 0 aliphatic heterocycles. The van der Waals surface area contributed by atoms with Gasteiger partial charge in [0, 0.05) is 0 Å². The zero-order valence-corrected chi connectivity index (χ0v) is 6.90. The average Bonchev–Trinajstić information content (AvgIpc) is 2.03. The van der Waals surface area contributed by atoms with Crippen LogP contribution in [0.1, 0.15) is 21.5 Å². The molecule has 0 unspecified atom stereocenters. The molecule has 66 valence electrons. The molecule has 1 aromatic rings. The third-order valence-electron chi connectivity index (χ3n) is 1.67. The number of phenolic OH excluding ortho intramolecular Hbond substituents is 1. The van der Waals surface area contributed by atoms with Gasteiger partial charge in [0.2, 0.25) is 0 Å². The molecule has 4 heteroatoms. The molecule has 0 spiro atoms. The van der Waals surface area contributed by atoms with Crippen LogP contribution in [0.5, 0.6) is 5.75 Å². The molecule has 2 N–H and O–H groups in total. The number of hydrogen-bond acceptors (Lipinski definition) is 3. The van der Waals surface area contributed by atoms with Gasteiger partial charge in [-0.3, -0.25) is 0 Å². The van der Waals surface area contributed by atoms with Crippen LogP contribution in [0.25, 0.3) is 0 Å². The number of rotatable bonds is 1. The molecule has 13 heavy (non-hydrogen) atoms. The average molecular weight is 177 g/mol. The van der Waals surface area contributed by atoms with Crippen LogP contribution in [0.3, 0.4) is 0 Å². The van der Waals surface area contributed by atoms with Crippen molar-refractivity contribution in [1.29, 1.82) is 5.26 Å². The second-order valence-electron chi connectivity index (χ2n) is 2.60. The number of carboxylic acid groups (broad SMARTS) is 1. The lowest BCUT2D eigenvalue weighted by molar-refractivity contribution is 0.0696. The minimum absolute atomic E-state index is 0.0194. The van der Waals surface area contributed by atoms with E-state index in [2.05, 4.69) is 0 Å². The maximum Gasteiger partial charge on any atom is 0.335 e. The lowest BCUT2D eigenvalue weighted by Crippen LogP contribution is -1.97. The van der Waals surface area contributed by atoms with Crippen molar-refractivity contribution in [3.8, 4) is 11.8 Å². The maximum atomic E-state index is 10.5. The second kappa shape index (κ2) is 3.15. The Balaban J connectivity index is 3.39. The second-order valence-corrected chi connectivity index (χ2v) is 2.60. The Morgan fingerprint density at radius 3 is 2.54 bits per heavy atom. The van der Waals surface area contributed by atoms with Crippen LogP contribution < -0.4 is 0 Å². The van der Waals surface area contributed by atoms with Gasteiger partial charge in [-0.2, -0.15) is 5.26 Å². The molecule has 0 saturated heterocycles. The molecule has 0 fully saturated rings. The standard InChI is InChI=1S/C9H7NO3/c1-5-2-6(9(12)13)3-8(11)7(5)4-10/h2-3,11H,1H3,(H,12,13). The third kappa shape index (κ3) is 1.59. The summed E-state index contributed by atoms with van der Waals surface area (Å²) in [4.78, 5) is 10.5. The Kier molecular flexibility index (Phi) is 2.20. The predicted molar refractivity (Wildman–Crippen MR) is 44.5 cm³/mol. The van der Waals surface area contributed by atoms with Crippen LogP contribution in [-0.2, 0) is 0 Å². The molecule has 1 rings (SSSR count). The summed E-state index contributed by atoms with van der Waals surface area (Å²) in [6, 6.07) is 4.20. The van der Waals surface area contributed by atoms with Crippen molar-refractivity contribution in [3.05, 3.63) is 28.8 Å². The summed E-state index contributed by atoms with van der Waals surface area (Å²) in [5, 5.41) is 26.4. The van der Waals surface area contributed by atoms with Crippen LogP contribution in [0, 0.1) is 18.3 Å². The van der Waals surface area contributed by atoms with Crippen molar-refractivity contribution >= 4 is 5.97 Å². The third-order valence-corrected chi connectivity index (χ3v) is 1.67. The normalized spacial score (nSPS) is 9.23. The van der Waals surface area contributed by atoms with E-state index < -0.39 is 5.97 Å². The highest BCUT2D eigenvalue weighted by atomic mass is 16.4. The molecule has 0 heterocycles. The minimum atomic E-state index is -1.12. The summed E-state index contributed by atoms with van der Waals surface area (Å²) < 4.78 is 0. The van der Waals surface area contributed by atoms with E-state index in [4.69, 9.17) is 10.4 Å². The van der Waals surface area contributed by atoms with Crippen molar-refractivity contribution in [1.82, 2.24) is 0 Å². The number of nitriles is 1. The number of phenols is 1. The largest absolute Gasteiger partial charge is 0.507 e. The van der Waals surface area contributed by atoms with E-state index in [1.54, 1.807) is 13.0 Å². The number of aromatic hydroxyl groups is 1. The fourth-order valence-electron chi connectivity index (χ4n) is 1.04. The zero-order chi connectivity index (χ0) is 10.0. The monoisotopic (exact) mass is 177 g/mol. The highest BCUT2D eigenvalue weighted by molar-refractivity contribution is 5.88. The molecule has 0 aromatic heterocycles. The van der Waals surface area contributed by atoms with Crippen molar-refractivity contribution in [2.24, 2.45) is 0 Å². The van der Waals surface area contributed by atoms with E-state index in [0.29, 0.717) is 5.56 Å². The van der Waals surface area contributed by atoms with E-state index in [0.717, 1.165) is 6.07 Å². The van der Waals surface area contributed by atoms with E-state index in [1.165, 1.54) is 6.07 Å². The summed E-state index contributed by atoms with van der Waals surface area (Å²) >= 11 is 0. The van der Waals surface area contributed by atoms with Crippen LogP contribution >= 0.6 is 0 Å². The SMILES string of the molecule is Cc1cc(C(=O)O)cc(O)c1C#N. The molecule has 0 amide bonds. The number of carbonyl (C=O) groups is 1. The molecule has 0 aliphatic rings. The van der Waals surface area contributed by atoms with Gasteiger partial charge in [0.1, 0.15) is 11.8 Å². The Bertz CT molecular complexity index is 381. The predicted octanol–water partition coefficient (Wildman–Crippen LogP) is 1.27. The maximum absolute atomic E-state index is 10.5. The van der Waals surface area contributed by atoms with Crippen LogP contribution in [0.4, 0.5) is 0 Å². The molecular weight excluding hydrogens is 170 g/mol. The topological polar surface area (TPSA) is 81.3 Å². The van der Waals surface area contributed by atoms with E-state index in [-0.39, 0.29) is 16.9 Å².